The highest BCUT2D eigenvalue weighted by atomic mass is 35.5. The molecule has 0 saturated carbocycles. The van der Waals surface area contributed by atoms with E-state index in [1.165, 1.54) is 0 Å². The number of nitrogens with one attached hydrogen (secondary N) is 1. The molecule has 0 amide bonds. The molecule has 21 heavy (non-hydrogen) atoms. The van der Waals surface area contributed by atoms with Crippen molar-refractivity contribution in [2.45, 2.75) is 31.2 Å². The second-order valence-corrected chi connectivity index (χ2v) is 6.54. The molecule has 1 unspecified atom stereocenters. The van der Waals surface area contributed by atoms with E-state index >= 15 is 0 Å². The molecule has 122 valence electrons. The van der Waals surface area contributed by atoms with Crippen molar-refractivity contribution in [1.82, 2.24) is 4.72 Å². The summed E-state index contributed by atoms with van der Waals surface area (Å²) in [6.07, 6.45) is 0.445. The van der Waals surface area contributed by atoms with Gasteiger partial charge in [-0.05, 0) is 24.5 Å². The number of benzene rings is 1. The minimum Gasteiger partial charge on any atom is -0.329 e. The summed E-state index contributed by atoms with van der Waals surface area (Å²) in [5.74, 6) is -4.83. The SMILES string of the molecule is CC(C)CC(CN)NS(=O)(=O)c1ccc(F)c(F)c1F.Cl. The second-order valence-electron chi connectivity index (χ2n) is 4.86. The fraction of sp³-hybridized carbons (Fsp3) is 0.500. The third-order valence-corrected chi connectivity index (χ3v) is 4.19. The van der Waals surface area contributed by atoms with Gasteiger partial charge in [-0.1, -0.05) is 13.8 Å². The van der Waals surface area contributed by atoms with Crippen molar-refractivity contribution in [3.8, 4) is 0 Å². The average molecular weight is 347 g/mol. The van der Waals surface area contributed by atoms with Gasteiger partial charge in [-0.15, -0.1) is 12.4 Å². The summed E-state index contributed by atoms with van der Waals surface area (Å²) in [4.78, 5) is -0.932. The van der Waals surface area contributed by atoms with Gasteiger partial charge in [-0.2, -0.15) is 0 Å². The molecule has 0 spiro atoms. The van der Waals surface area contributed by atoms with E-state index in [9.17, 15) is 21.6 Å². The first kappa shape index (κ1) is 20.2. The van der Waals surface area contributed by atoms with Gasteiger partial charge in [-0.25, -0.2) is 26.3 Å². The molecule has 1 aromatic rings. The van der Waals surface area contributed by atoms with Crippen LogP contribution in [0.1, 0.15) is 20.3 Å². The van der Waals surface area contributed by atoms with Crippen molar-refractivity contribution in [3.05, 3.63) is 29.6 Å². The van der Waals surface area contributed by atoms with E-state index in [0.717, 1.165) is 0 Å². The van der Waals surface area contributed by atoms with Crippen molar-refractivity contribution in [3.63, 3.8) is 0 Å². The average Bonchev–Trinajstić information content (AvgIpc) is 2.33. The van der Waals surface area contributed by atoms with Gasteiger partial charge < -0.3 is 5.73 Å². The first-order valence-electron chi connectivity index (χ1n) is 6.05. The number of hydrogen-bond acceptors (Lipinski definition) is 3. The Morgan fingerprint density at radius 3 is 2.24 bits per heavy atom. The summed E-state index contributed by atoms with van der Waals surface area (Å²) >= 11 is 0. The molecule has 0 bridgehead atoms. The highest BCUT2D eigenvalue weighted by molar-refractivity contribution is 7.89. The largest absolute Gasteiger partial charge is 0.329 e. The Morgan fingerprint density at radius 1 is 1.19 bits per heavy atom. The normalized spacial score (nSPS) is 13.1. The highest BCUT2D eigenvalue weighted by Crippen LogP contribution is 2.20. The molecule has 1 aromatic carbocycles. The van der Waals surface area contributed by atoms with Crippen LogP contribution in [-0.4, -0.2) is 21.0 Å². The summed E-state index contributed by atoms with van der Waals surface area (Å²) in [7, 11) is -4.30. The molecule has 0 heterocycles. The Kier molecular flexibility index (Phi) is 7.66. The van der Waals surface area contributed by atoms with Crippen LogP contribution in [0.5, 0.6) is 0 Å². The van der Waals surface area contributed by atoms with Crippen molar-refractivity contribution < 1.29 is 21.6 Å². The van der Waals surface area contributed by atoms with Gasteiger partial charge in [0.25, 0.3) is 0 Å². The van der Waals surface area contributed by atoms with Crippen LogP contribution in [0, 0.1) is 23.4 Å². The van der Waals surface area contributed by atoms with Crippen molar-refractivity contribution in [2.75, 3.05) is 6.54 Å². The first-order chi connectivity index (χ1) is 9.19. The maximum absolute atomic E-state index is 13.5. The van der Waals surface area contributed by atoms with Gasteiger partial charge >= 0.3 is 0 Å². The predicted molar refractivity (Wildman–Crippen MR) is 76.2 cm³/mol. The zero-order chi connectivity index (χ0) is 15.5. The number of nitrogens with two attached hydrogens (primary N) is 1. The third-order valence-electron chi connectivity index (χ3n) is 2.65. The van der Waals surface area contributed by atoms with E-state index < -0.39 is 38.4 Å². The molecule has 4 nitrogen and oxygen atoms in total. The molecule has 1 rings (SSSR count). The van der Waals surface area contributed by atoms with Gasteiger partial charge in [0.1, 0.15) is 4.90 Å². The van der Waals surface area contributed by atoms with Crippen LogP contribution in [0.4, 0.5) is 13.2 Å². The second kappa shape index (κ2) is 7.98. The lowest BCUT2D eigenvalue weighted by atomic mass is 10.1. The van der Waals surface area contributed by atoms with E-state index in [4.69, 9.17) is 5.73 Å². The van der Waals surface area contributed by atoms with Crippen LogP contribution in [0.25, 0.3) is 0 Å². The molecule has 3 N–H and O–H groups in total. The Morgan fingerprint density at radius 2 is 1.76 bits per heavy atom. The molecule has 0 aliphatic heterocycles. The Balaban J connectivity index is 0.00000400. The monoisotopic (exact) mass is 346 g/mol. The number of halogens is 4. The lowest BCUT2D eigenvalue weighted by Crippen LogP contribution is -2.41. The van der Waals surface area contributed by atoms with Crippen molar-refractivity contribution >= 4 is 22.4 Å². The Hall–Kier alpha value is -0.830. The van der Waals surface area contributed by atoms with Gasteiger partial charge in [0.15, 0.2) is 17.5 Å². The minimum absolute atomic E-state index is 0. The lowest BCUT2D eigenvalue weighted by molar-refractivity contribution is 0.428. The minimum atomic E-state index is -4.30. The van der Waals surface area contributed by atoms with Crippen LogP contribution in [0.15, 0.2) is 17.0 Å². The summed E-state index contributed by atoms with van der Waals surface area (Å²) in [5, 5.41) is 0. The summed E-state index contributed by atoms with van der Waals surface area (Å²) in [5.41, 5.74) is 5.44. The number of rotatable bonds is 6. The van der Waals surface area contributed by atoms with E-state index in [1.807, 2.05) is 13.8 Å². The molecular formula is C12H18ClF3N2O2S. The summed E-state index contributed by atoms with van der Waals surface area (Å²) in [6.45, 7) is 3.76. The summed E-state index contributed by atoms with van der Waals surface area (Å²) in [6, 6.07) is 0.638. The van der Waals surface area contributed by atoms with E-state index in [2.05, 4.69) is 4.72 Å². The fourth-order valence-electron chi connectivity index (χ4n) is 1.76. The van der Waals surface area contributed by atoms with Crippen LogP contribution < -0.4 is 10.5 Å². The number of sulfonamides is 1. The predicted octanol–water partition coefficient (Wildman–Crippen LogP) is 2.18. The van der Waals surface area contributed by atoms with Crippen LogP contribution in [-0.2, 0) is 10.0 Å². The van der Waals surface area contributed by atoms with Gasteiger partial charge in [0.2, 0.25) is 10.0 Å². The van der Waals surface area contributed by atoms with E-state index in [-0.39, 0.29) is 24.9 Å². The van der Waals surface area contributed by atoms with Crippen molar-refractivity contribution in [1.29, 1.82) is 0 Å². The van der Waals surface area contributed by atoms with Crippen molar-refractivity contribution in [2.24, 2.45) is 11.7 Å². The molecule has 0 aliphatic rings. The van der Waals surface area contributed by atoms with Crippen LogP contribution >= 0.6 is 12.4 Å². The fourth-order valence-corrected chi connectivity index (χ4v) is 3.09. The highest BCUT2D eigenvalue weighted by Gasteiger charge is 2.26. The molecule has 1 atom stereocenters. The maximum Gasteiger partial charge on any atom is 0.243 e. The van der Waals surface area contributed by atoms with Gasteiger partial charge in [0, 0.05) is 12.6 Å². The molecule has 0 radical (unpaired) electrons. The zero-order valence-electron chi connectivity index (χ0n) is 11.6. The Labute approximate surface area is 128 Å². The van der Waals surface area contributed by atoms with E-state index in [0.29, 0.717) is 18.6 Å². The first-order valence-corrected chi connectivity index (χ1v) is 7.53. The standard InChI is InChI=1S/C12H17F3N2O2S.ClH/c1-7(2)5-8(6-16)17-20(18,19)10-4-3-9(13)11(14)12(10)15;/h3-4,7-8,17H,5-6,16H2,1-2H3;1H. The van der Waals surface area contributed by atoms with Gasteiger partial charge in [-0.3, -0.25) is 0 Å². The Bertz CT molecular complexity index is 582. The molecular weight excluding hydrogens is 329 g/mol. The molecule has 0 fully saturated rings. The topological polar surface area (TPSA) is 72.2 Å². The smallest absolute Gasteiger partial charge is 0.243 e. The molecule has 9 heteroatoms. The molecule has 0 aliphatic carbocycles. The van der Waals surface area contributed by atoms with Crippen LogP contribution in [0.2, 0.25) is 0 Å². The van der Waals surface area contributed by atoms with E-state index in [1.54, 1.807) is 0 Å². The molecule has 0 saturated heterocycles. The third kappa shape index (κ3) is 5.14. The maximum atomic E-state index is 13.5. The van der Waals surface area contributed by atoms with Crippen LogP contribution in [0.3, 0.4) is 0 Å². The zero-order valence-corrected chi connectivity index (χ0v) is 13.2. The quantitative estimate of drug-likeness (QED) is 0.775. The van der Waals surface area contributed by atoms with Gasteiger partial charge in [0.05, 0.1) is 0 Å². The number of hydrogen-bond donors (Lipinski definition) is 2. The summed E-state index contributed by atoms with van der Waals surface area (Å²) < 4.78 is 65.5. The lowest BCUT2D eigenvalue weighted by Gasteiger charge is -2.19. The molecule has 0 aromatic heterocycles.